The number of piperazine rings is 1. The van der Waals surface area contributed by atoms with E-state index >= 15 is 0 Å². The highest BCUT2D eigenvalue weighted by Crippen LogP contribution is 2.31. The van der Waals surface area contributed by atoms with Gasteiger partial charge in [-0.05, 0) is 85.2 Å². The number of nitrogens with zero attached hydrogens (tertiary/aromatic N) is 4. The number of hydrogen-bond acceptors (Lipinski definition) is 6. The van der Waals surface area contributed by atoms with E-state index in [1.54, 1.807) is 11.3 Å². The van der Waals surface area contributed by atoms with Crippen LogP contribution in [-0.2, 0) is 11.2 Å². The monoisotopic (exact) mass is 527 g/mol. The van der Waals surface area contributed by atoms with Gasteiger partial charge in [0.1, 0.15) is 0 Å². The first-order valence-corrected chi connectivity index (χ1v) is 14.4. The van der Waals surface area contributed by atoms with Crippen molar-refractivity contribution in [2.24, 2.45) is 0 Å². The number of ketones is 1. The highest BCUT2D eigenvalue weighted by Gasteiger charge is 2.30. The molecule has 2 fully saturated rings. The van der Waals surface area contributed by atoms with Crippen LogP contribution in [0.25, 0.3) is 22.2 Å². The minimum absolute atomic E-state index is 0.0625. The molecule has 8 heteroatoms. The number of hydrogen-bond donors (Lipinski definition) is 1. The van der Waals surface area contributed by atoms with Gasteiger partial charge < -0.3 is 9.80 Å². The number of carbonyl (C=O) groups excluding carboxylic acids is 2. The molecular formula is C30H33N5O2S. The Morgan fingerprint density at radius 3 is 2.58 bits per heavy atom. The minimum Gasteiger partial charge on any atom is -0.336 e. The standard InChI is InChI=1S/C30H33N5O2S/c1-33-12-14-35(15-13-33)30(37)23-6-4-5-22(19-23)28-25-17-21(7-8-26(25)31-32-28)18-27(36)29(24-9-16-38-20-24)34-10-2-3-11-34/h4-9,16-17,19-20,29H,2-3,10-15,18H2,1H3,(H,31,32). The largest absolute Gasteiger partial charge is 0.336 e. The van der Waals surface area contributed by atoms with Gasteiger partial charge >= 0.3 is 0 Å². The van der Waals surface area contributed by atoms with E-state index in [0.29, 0.717) is 12.0 Å². The normalized spacial score (nSPS) is 17.8. The second-order valence-electron chi connectivity index (χ2n) is 10.5. The number of likely N-dealkylation sites (tertiary alicyclic amines) is 1. The summed E-state index contributed by atoms with van der Waals surface area (Å²) in [6.45, 7) is 5.21. The number of likely N-dealkylation sites (N-methyl/N-ethyl adjacent to an activating group) is 1. The molecule has 2 aliphatic rings. The Kier molecular flexibility index (Phi) is 7.10. The third kappa shape index (κ3) is 5.04. The van der Waals surface area contributed by atoms with Crippen molar-refractivity contribution in [1.29, 1.82) is 0 Å². The fourth-order valence-corrected chi connectivity index (χ4v) is 6.39. The van der Waals surface area contributed by atoms with Crippen LogP contribution in [0.4, 0.5) is 0 Å². The molecule has 0 saturated carbocycles. The topological polar surface area (TPSA) is 72.5 Å². The number of Topliss-reactive ketones (excluding diaryl/α,β-unsaturated/α-hetero) is 1. The third-order valence-corrected chi connectivity index (χ3v) is 8.55. The Hall–Kier alpha value is -3.33. The highest BCUT2D eigenvalue weighted by atomic mass is 32.1. The van der Waals surface area contributed by atoms with Crippen LogP contribution in [0.3, 0.4) is 0 Å². The fraction of sp³-hybridized carbons (Fsp3) is 0.367. The minimum atomic E-state index is -0.180. The number of amides is 1. The number of nitrogens with one attached hydrogen (secondary N) is 1. The molecule has 38 heavy (non-hydrogen) atoms. The van der Waals surface area contributed by atoms with E-state index in [2.05, 4.69) is 49.9 Å². The van der Waals surface area contributed by atoms with Gasteiger partial charge in [-0.3, -0.25) is 19.6 Å². The van der Waals surface area contributed by atoms with Crippen molar-refractivity contribution >= 4 is 33.9 Å². The van der Waals surface area contributed by atoms with Crippen LogP contribution in [0.2, 0.25) is 0 Å². The first-order valence-electron chi connectivity index (χ1n) is 13.4. The predicted molar refractivity (Wildman–Crippen MR) is 152 cm³/mol. The SMILES string of the molecule is CN1CCN(C(=O)c2cccc(-c3n[nH]c4ccc(CC(=O)C(c5ccsc5)N5CCCC5)cc34)c2)CC1. The molecule has 2 saturated heterocycles. The average Bonchev–Trinajstić information content (AvgIpc) is 3.72. The molecule has 7 nitrogen and oxygen atoms in total. The van der Waals surface area contributed by atoms with Crippen molar-refractivity contribution in [3.63, 3.8) is 0 Å². The number of thiophene rings is 1. The summed E-state index contributed by atoms with van der Waals surface area (Å²) in [5, 5.41) is 12.9. The number of fused-ring (bicyclic) bond motifs is 1. The van der Waals surface area contributed by atoms with Gasteiger partial charge in [-0.25, -0.2) is 0 Å². The van der Waals surface area contributed by atoms with Crippen LogP contribution in [0, 0.1) is 0 Å². The van der Waals surface area contributed by atoms with E-state index in [-0.39, 0.29) is 17.7 Å². The number of rotatable bonds is 7. The number of H-pyrrole nitrogens is 1. The quantitative estimate of drug-likeness (QED) is 0.380. The summed E-state index contributed by atoms with van der Waals surface area (Å²) in [7, 11) is 2.08. The van der Waals surface area contributed by atoms with Crippen molar-refractivity contribution in [3.05, 3.63) is 76.0 Å². The van der Waals surface area contributed by atoms with Crippen molar-refractivity contribution < 1.29 is 9.59 Å². The van der Waals surface area contributed by atoms with Gasteiger partial charge in [0.25, 0.3) is 5.91 Å². The molecule has 0 aliphatic carbocycles. The second-order valence-corrected chi connectivity index (χ2v) is 11.3. The zero-order chi connectivity index (χ0) is 26.1. The van der Waals surface area contributed by atoms with Crippen LogP contribution < -0.4 is 0 Å². The van der Waals surface area contributed by atoms with Crippen molar-refractivity contribution in [1.82, 2.24) is 24.9 Å². The first kappa shape index (κ1) is 25.0. The Balaban J connectivity index is 1.25. The maximum atomic E-state index is 13.6. The molecular weight excluding hydrogens is 494 g/mol. The van der Waals surface area contributed by atoms with Gasteiger partial charge in [0.05, 0.1) is 17.3 Å². The maximum absolute atomic E-state index is 13.6. The molecule has 4 heterocycles. The van der Waals surface area contributed by atoms with Crippen molar-refractivity contribution in [3.8, 4) is 11.3 Å². The molecule has 1 unspecified atom stereocenters. The summed E-state index contributed by atoms with van der Waals surface area (Å²) in [5.74, 6) is 0.293. The van der Waals surface area contributed by atoms with E-state index in [1.165, 1.54) is 0 Å². The summed E-state index contributed by atoms with van der Waals surface area (Å²) in [4.78, 5) is 33.3. The summed E-state index contributed by atoms with van der Waals surface area (Å²) >= 11 is 1.64. The Bertz CT molecular complexity index is 1430. The van der Waals surface area contributed by atoms with Crippen molar-refractivity contribution in [2.45, 2.75) is 25.3 Å². The highest BCUT2D eigenvalue weighted by molar-refractivity contribution is 7.08. The van der Waals surface area contributed by atoms with Gasteiger partial charge in [0, 0.05) is 49.1 Å². The molecule has 6 rings (SSSR count). The summed E-state index contributed by atoms with van der Waals surface area (Å²) < 4.78 is 0. The van der Waals surface area contributed by atoms with Gasteiger partial charge in [-0.15, -0.1) is 0 Å². The lowest BCUT2D eigenvalue weighted by Crippen LogP contribution is -2.47. The fourth-order valence-electron chi connectivity index (χ4n) is 5.71. The summed E-state index contributed by atoms with van der Waals surface area (Å²) in [5.41, 5.74) is 5.38. The molecule has 1 N–H and O–H groups in total. The molecule has 2 aromatic heterocycles. The summed E-state index contributed by atoms with van der Waals surface area (Å²) in [6.07, 6.45) is 2.67. The Labute approximate surface area is 227 Å². The van der Waals surface area contributed by atoms with Crippen LogP contribution in [0.15, 0.2) is 59.3 Å². The van der Waals surface area contributed by atoms with Crippen LogP contribution in [0.1, 0.15) is 40.4 Å². The lowest BCUT2D eigenvalue weighted by molar-refractivity contribution is -0.123. The van der Waals surface area contributed by atoms with E-state index in [4.69, 9.17) is 0 Å². The lowest BCUT2D eigenvalue weighted by Gasteiger charge is -2.32. The second kappa shape index (κ2) is 10.8. The average molecular weight is 528 g/mol. The molecule has 2 aliphatic heterocycles. The number of carbonyl (C=O) groups is 2. The van der Waals surface area contributed by atoms with Crippen LogP contribution in [-0.4, -0.2) is 82.9 Å². The Morgan fingerprint density at radius 2 is 1.82 bits per heavy atom. The smallest absolute Gasteiger partial charge is 0.253 e. The number of aromatic amines is 1. The molecule has 196 valence electrons. The number of benzene rings is 2. The third-order valence-electron chi connectivity index (χ3n) is 7.85. The maximum Gasteiger partial charge on any atom is 0.253 e. The lowest BCUT2D eigenvalue weighted by atomic mass is 9.96. The molecule has 0 spiro atoms. The van der Waals surface area contributed by atoms with Gasteiger partial charge in [0.15, 0.2) is 5.78 Å². The van der Waals surface area contributed by atoms with Gasteiger partial charge in [-0.1, -0.05) is 18.2 Å². The molecule has 4 aromatic rings. The van der Waals surface area contributed by atoms with E-state index in [9.17, 15) is 9.59 Å². The van der Waals surface area contributed by atoms with Crippen molar-refractivity contribution in [2.75, 3.05) is 46.3 Å². The molecule has 1 amide bonds. The van der Waals surface area contributed by atoms with E-state index < -0.39 is 0 Å². The molecule has 0 radical (unpaired) electrons. The van der Waals surface area contributed by atoms with Crippen LogP contribution >= 0.6 is 11.3 Å². The van der Waals surface area contributed by atoms with E-state index in [1.807, 2.05) is 41.3 Å². The molecule has 0 bridgehead atoms. The van der Waals surface area contributed by atoms with Gasteiger partial charge in [0.2, 0.25) is 0 Å². The zero-order valence-corrected chi connectivity index (χ0v) is 22.5. The Morgan fingerprint density at radius 1 is 1.00 bits per heavy atom. The predicted octanol–water partition coefficient (Wildman–Crippen LogP) is 4.63. The molecule has 1 atom stereocenters. The first-order chi connectivity index (χ1) is 18.6. The van der Waals surface area contributed by atoms with Crippen LogP contribution in [0.5, 0.6) is 0 Å². The van der Waals surface area contributed by atoms with E-state index in [0.717, 1.165) is 85.4 Å². The zero-order valence-electron chi connectivity index (χ0n) is 21.7. The molecule has 2 aromatic carbocycles. The van der Waals surface area contributed by atoms with Gasteiger partial charge in [-0.2, -0.15) is 16.4 Å². The number of aromatic nitrogens is 2. The summed E-state index contributed by atoms with van der Waals surface area (Å²) in [6, 6.07) is 15.7.